The van der Waals surface area contributed by atoms with E-state index in [0.29, 0.717) is 0 Å². The van der Waals surface area contributed by atoms with Crippen molar-refractivity contribution < 1.29 is 14.6 Å². The van der Waals surface area contributed by atoms with Crippen LogP contribution >= 0.6 is 0 Å². The standard InChI is InChI=1S/C17H25NO3/c1-17(2,18-8-11-20-12-9-18)16(19)14-7-3-5-13-6-4-10-21-15(13)14/h3,5,7,16,19H,4,6,8-12H2,1-2H3. The molecule has 0 radical (unpaired) electrons. The molecule has 1 unspecified atom stereocenters. The molecular formula is C17H25NO3. The number of morpholine rings is 1. The molecule has 1 atom stereocenters. The third-order valence-corrected chi connectivity index (χ3v) is 4.75. The monoisotopic (exact) mass is 291 g/mol. The Balaban J connectivity index is 1.88. The number of fused-ring (bicyclic) bond motifs is 1. The van der Waals surface area contributed by atoms with Gasteiger partial charge in [-0.2, -0.15) is 0 Å². The van der Waals surface area contributed by atoms with Crippen molar-refractivity contribution in [2.45, 2.75) is 38.3 Å². The first-order valence-corrected chi connectivity index (χ1v) is 7.86. The van der Waals surface area contributed by atoms with Crippen LogP contribution in [0.1, 0.15) is 37.5 Å². The van der Waals surface area contributed by atoms with E-state index < -0.39 is 6.10 Å². The van der Waals surface area contributed by atoms with Gasteiger partial charge in [-0.25, -0.2) is 0 Å². The molecule has 0 amide bonds. The second-order valence-corrected chi connectivity index (χ2v) is 6.44. The molecule has 21 heavy (non-hydrogen) atoms. The van der Waals surface area contributed by atoms with Crippen molar-refractivity contribution in [3.8, 4) is 5.75 Å². The molecule has 2 aliphatic rings. The number of nitrogens with zero attached hydrogens (tertiary/aromatic N) is 1. The molecule has 1 saturated heterocycles. The van der Waals surface area contributed by atoms with Crippen LogP contribution in [0.15, 0.2) is 18.2 Å². The summed E-state index contributed by atoms with van der Waals surface area (Å²) in [5, 5.41) is 11.0. The van der Waals surface area contributed by atoms with Gasteiger partial charge in [-0.3, -0.25) is 4.90 Å². The van der Waals surface area contributed by atoms with E-state index in [0.717, 1.165) is 57.1 Å². The van der Waals surface area contributed by atoms with Crippen LogP contribution in [-0.2, 0) is 11.2 Å². The number of aliphatic hydroxyl groups excluding tert-OH is 1. The van der Waals surface area contributed by atoms with Gasteiger partial charge in [0.2, 0.25) is 0 Å². The smallest absolute Gasteiger partial charge is 0.128 e. The average molecular weight is 291 g/mol. The minimum absolute atomic E-state index is 0.334. The van der Waals surface area contributed by atoms with Crippen molar-refractivity contribution in [3.05, 3.63) is 29.3 Å². The molecule has 1 N–H and O–H groups in total. The highest BCUT2D eigenvalue weighted by Gasteiger charge is 2.38. The fourth-order valence-corrected chi connectivity index (χ4v) is 3.32. The zero-order chi connectivity index (χ0) is 14.9. The molecule has 0 saturated carbocycles. The molecule has 2 heterocycles. The summed E-state index contributed by atoms with van der Waals surface area (Å²) in [5.74, 6) is 0.901. The van der Waals surface area contributed by atoms with Gasteiger partial charge in [-0.1, -0.05) is 18.2 Å². The molecule has 0 spiro atoms. The summed E-state index contributed by atoms with van der Waals surface area (Å²) in [6.45, 7) is 8.14. The predicted molar refractivity (Wildman–Crippen MR) is 81.7 cm³/mol. The quantitative estimate of drug-likeness (QED) is 0.926. The first-order chi connectivity index (χ1) is 10.1. The third-order valence-electron chi connectivity index (χ3n) is 4.75. The van der Waals surface area contributed by atoms with Crippen molar-refractivity contribution in [2.75, 3.05) is 32.9 Å². The Kier molecular flexibility index (Phi) is 4.20. The number of aliphatic hydroxyl groups is 1. The maximum Gasteiger partial charge on any atom is 0.128 e. The Morgan fingerprint density at radius 2 is 1.95 bits per heavy atom. The highest BCUT2D eigenvalue weighted by atomic mass is 16.5. The summed E-state index contributed by atoms with van der Waals surface area (Å²) in [5.41, 5.74) is 1.80. The summed E-state index contributed by atoms with van der Waals surface area (Å²) in [7, 11) is 0. The normalized spacial score (nSPS) is 21.5. The van der Waals surface area contributed by atoms with E-state index in [1.165, 1.54) is 5.56 Å². The average Bonchev–Trinajstić information content (AvgIpc) is 2.54. The Labute approximate surface area is 126 Å². The third kappa shape index (κ3) is 2.80. The van der Waals surface area contributed by atoms with Gasteiger partial charge in [0.25, 0.3) is 0 Å². The van der Waals surface area contributed by atoms with Crippen LogP contribution in [0.3, 0.4) is 0 Å². The first kappa shape index (κ1) is 14.8. The predicted octanol–water partition coefficient (Wildman–Crippen LogP) is 2.16. The van der Waals surface area contributed by atoms with Gasteiger partial charge >= 0.3 is 0 Å². The summed E-state index contributed by atoms with van der Waals surface area (Å²) in [6, 6.07) is 6.13. The van der Waals surface area contributed by atoms with Gasteiger partial charge in [0.15, 0.2) is 0 Å². The zero-order valence-electron chi connectivity index (χ0n) is 13.0. The second kappa shape index (κ2) is 5.95. The molecule has 116 valence electrons. The molecule has 1 aromatic rings. The number of ether oxygens (including phenoxy) is 2. The zero-order valence-corrected chi connectivity index (χ0v) is 13.0. The Hall–Kier alpha value is -1.10. The van der Waals surface area contributed by atoms with Crippen molar-refractivity contribution in [1.82, 2.24) is 4.90 Å². The SMILES string of the molecule is CC(C)(C(O)c1cccc2c1OCCC2)N1CCOCC1. The number of benzene rings is 1. The van der Waals surface area contributed by atoms with Gasteiger partial charge in [-0.15, -0.1) is 0 Å². The molecule has 4 heteroatoms. The number of aryl methyl sites for hydroxylation is 1. The topological polar surface area (TPSA) is 41.9 Å². The maximum atomic E-state index is 11.0. The minimum atomic E-state index is -0.566. The second-order valence-electron chi connectivity index (χ2n) is 6.44. The molecule has 0 aromatic heterocycles. The molecule has 1 fully saturated rings. The molecular weight excluding hydrogens is 266 g/mol. The van der Waals surface area contributed by atoms with Crippen LogP contribution in [0.5, 0.6) is 5.75 Å². The largest absolute Gasteiger partial charge is 0.493 e. The first-order valence-electron chi connectivity index (χ1n) is 7.86. The van der Waals surface area contributed by atoms with E-state index in [9.17, 15) is 5.11 Å². The van der Waals surface area contributed by atoms with Gasteiger partial charge in [0, 0.05) is 24.2 Å². The van der Waals surface area contributed by atoms with Crippen molar-refractivity contribution in [3.63, 3.8) is 0 Å². The lowest BCUT2D eigenvalue weighted by molar-refractivity contribution is -0.0637. The highest BCUT2D eigenvalue weighted by molar-refractivity contribution is 5.45. The summed E-state index contributed by atoms with van der Waals surface area (Å²) >= 11 is 0. The van der Waals surface area contributed by atoms with E-state index >= 15 is 0 Å². The number of para-hydroxylation sites is 1. The molecule has 4 nitrogen and oxygen atoms in total. The number of hydrogen-bond donors (Lipinski definition) is 1. The fraction of sp³-hybridized carbons (Fsp3) is 0.647. The highest BCUT2D eigenvalue weighted by Crippen LogP contribution is 2.39. The van der Waals surface area contributed by atoms with Gasteiger partial charge < -0.3 is 14.6 Å². The minimum Gasteiger partial charge on any atom is -0.493 e. The van der Waals surface area contributed by atoms with E-state index in [1.54, 1.807) is 0 Å². The number of rotatable bonds is 3. The Morgan fingerprint density at radius 1 is 1.19 bits per heavy atom. The van der Waals surface area contributed by atoms with Gasteiger partial charge in [0.1, 0.15) is 11.9 Å². The van der Waals surface area contributed by atoms with Crippen molar-refractivity contribution in [2.24, 2.45) is 0 Å². The van der Waals surface area contributed by atoms with Crippen LogP contribution in [0.4, 0.5) is 0 Å². The molecule has 1 aromatic carbocycles. The van der Waals surface area contributed by atoms with Gasteiger partial charge in [0.05, 0.1) is 19.8 Å². The van der Waals surface area contributed by atoms with Crippen LogP contribution < -0.4 is 4.74 Å². The van der Waals surface area contributed by atoms with Crippen LogP contribution in [-0.4, -0.2) is 48.5 Å². The lowest BCUT2D eigenvalue weighted by atomic mass is 9.87. The van der Waals surface area contributed by atoms with Crippen LogP contribution in [0.2, 0.25) is 0 Å². The summed E-state index contributed by atoms with van der Waals surface area (Å²) in [6.07, 6.45) is 1.52. The van der Waals surface area contributed by atoms with Crippen LogP contribution in [0, 0.1) is 0 Å². The Morgan fingerprint density at radius 3 is 2.71 bits per heavy atom. The van der Waals surface area contributed by atoms with Crippen molar-refractivity contribution >= 4 is 0 Å². The molecule has 0 bridgehead atoms. The number of hydrogen-bond acceptors (Lipinski definition) is 4. The fourth-order valence-electron chi connectivity index (χ4n) is 3.32. The summed E-state index contributed by atoms with van der Waals surface area (Å²) < 4.78 is 11.3. The van der Waals surface area contributed by atoms with Crippen molar-refractivity contribution in [1.29, 1.82) is 0 Å². The lowest BCUT2D eigenvalue weighted by Gasteiger charge is -2.44. The molecule has 2 aliphatic heterocycles. The summed E-state index contributed by atoms with van der Waals surface area (Å²) in [4.78, 5) is 2.31. The maximum absolute atomic E-state index is 11.0. The Bertz CT molecular complexity index is 495. The van der Waals surface area contributed by atoms with E-state index in [-0.39, 0.29) is 5.54 Å². The van der Waals surface area contributed by atoms with Crippen LogP contribution in [0.25, 0.3) is 0 Å². The molecule has 0 aliphatic carbocycles. The lowest BCUT2D eigenvalue weighted by Crippen LogP contribution is -2.53. The van der Waals surface area contributed by atoms with E-state index in [1.807, 2.05) is 12.1 Å². The van der Waals surface area contributed by atoms with E-state index in [4.69, 9.17) is 9.47 Å². The van der Waals surface area contributed by atoms with Gasteiger partial charge in [-0.05, 0) is 32.3 Å². The van der Waals surface area contributed by atoms with E-state index in [2.05, 4.69) is 24.8 Å². The molecule has 3 rings (SSSR count).